The summed E-state index contributed by atoms with van der Waals surface area (Å²) in [6.45, 7) is 0.122. The monoisotopic (exact) mass is 645 g/mol. The molecule has 0 unspecified atom stereocenters. The van der Waals surface area contributed by atoms with E-state index in [1.165, 1.54) is 97.6 Å². The van der Waals surface area contributed by atoms with Gasteiger partial charge in [-0.1, -0.05) is 108 Å². The number of nitrogens with zero attached hydrogens (tertiary/aromatic N) is 3. The van der Waals surface area contributed by atoms with Crippen molar-refractivity contribution in [3.63, 3.8) is 0 Å². The maximum Gasteiger partial charge on any atom is 0.252 e. The van der Waals surface area contributed by atoms with Crippen LogP contribution in [0.1, 0.15) is 0 Å². The average molecular weight is 646 g/mol. The van der Waals surface area contributed by atoms with Crippen LogP contribution in [0.4, 0.5) is 34.1 Å². The molecule has 0 radical (unpaired) electrons. The van der Waals surface area contributed by atoms with Crippen molar-refractivity contribution in [3.8, 4) is 5.69 Å². The minimum absolute atomic E-state index is 0.122. The van der Waals surface area contributed by atoms with E-state index in [4.69, 9.17) is 0 Å². The lowest BCUT2D eigenvalue weighted by Crippen LogP contribution is -2.62. The molecule has 8 aromatic rings. The van der Waals surface area contributed by atoms with Gasteiger partial charge in [0, 0.05) is 41.7 Å². The van der Waals surface area contributed by atoms with Gasteiger partial charge in [0.25, 0.3) is 6.71 Å². The number of aromatic nitrogens is 1. The van der Waals surface area contributed by atoms with Gasteiger partial charge in [-0.3, -0.25) is 0 Å². The summed E-state index contributed by atoms with van der Waals surface area (Å²) in [4.78, 5) is 10.3. The van der Waals surface area contributed by atoms with E-state index >= 15 is 0 Å². The van der Waals surface area contributed by atoms with Gasteiger partial charge >= 0.3 is 0 Å². The molecule has 7 aromatic carbocycles. The van der Waals surface area contributed by atoms with Crippen LogP contribution in [0.15, 0.2) is 165 Å². The second-order valence-electron chi connectivity index (χ2n) is 12.9. The fraction of sp³-hybridized carbons (Fsp3) is 0. The van der Waals surface area contributed by atoms with E-state index in [2.05, 4.69) is 160 Å². The highest BCUT2D eigenvalue weighted by molar-refractivity contribution is 8.00. The quantitative estimate of drug-likeness (QED) is 0.165. The number of para-hydroxylation sites is 6. The Balaban J connectivity index is 1.27. The van der Waals surface area contributed by atoms with Crippen molar-refractivity contribution in [2.45, 2.75) is 19.6 Å². The van der Waals surface area contributed by atoms with E-state index in [1.807, 2.05) is 23.5 Å². The van der Waals surface area contributed by atoms with Gasteiger partial charge in [-0.05, 0) is 77.1 Å². The molecule has 48 heavy (non-hydrogen) atoms. The number of rotatable bonds is 1. The third-order valence-electron chi connectivity index (χ3n) is 10.5. The lowest BCUT2D eigenvalue weighted by Gasteiger charge is -2.47. The molecule has 0 amide bonds. The van der Waals surface area contributed by atoms with Crippen molar-refractivity contribution in [1.82, 2.24) is 4.57 Å². The lowest BCUT2D eigenvalue weighted by atomic mass is 9.33. The summed E-state index contributed by atoms with van der Waals surface area (Å²) in [6.07, 6.45) is 0. The molecular formula is C42H24BN3S2. The van der Waals surface area contributed by atoms with Crippen molar-refractivity contribution in [1.29, 1.82) is 0 Å². The minimum Gasteiger partial charge on any atom is -0.309 e. The first-order valence-electron chi connectivity index (χ1n) is 16.4. The molecule has 222 valence electrons. The van der Waals surface area contributed by atoms with Gasteiger partial charge in [-0.2, -0.15) is 0 Å². The molecule has 0 saturated carbocycles. The number of anilines is 6. The van der Waals surface area contributed by atoms with Gasteiger partial charge in [-0.25, -0.2) is 0 Å². The number of benzene rings is 7. The molecule has 1 aromatic heterocycles. The Bertz CT molecular complexity index is 2550. The van der Waals surface area contributed by atoms with Gasteiger partial charge in [0.15, 0.2) is 0 Å². The summed E-state index contributed by atoms with van der Waals surface area (Å²) in [5, 5.41) is 2.55. The minimum atomic E-state index is 0.122. The van der Waals surface area contributed by atoms with Crippen molar-refractivity contribution in [3.05, 3.63) is 146 Å². The van der Waals surface area contributed by atoms with Crippen LogP contribution in [-0.2, 0) is 0 Å². The zero-order valence-corrected chi connectivity index (χ0v) is 27.2. The average Bonchev–Trinajstić information content (AvgIpc) is 3.48. The molecule has 0 saturated heterocycles. The topological polar surface area (TPSA) is 11.4 Å². The first kappa shape index (κ1) is 25.8. The van der Waals surface area contributed by atoms with E-state index in [0.717, 1.165) is 0 Å². The van der Waals surface area contributed by atoms with Gasteiger partial charge in [0.1, 0.15) is 0 Å². The summed E-state index contributed by atoms with van der Waals surface area (Å²) in [5.74, 6) is 0. The Morgan fingerprint density at radius 3 is 1.42 bits per heavy atom. The van der Waals surface area contributed by atoms with Gasteiger partial charge in [-0.15, -0.1) is 0 Å². The Morgan fingerprint density at radius 1 is 0.417 bits per heavy atom. The smallest absolute Gasteiger partial charge is 0.252 e. The van der Waals surface area contributed by atoms with Crippen LogP contribution in [0.3, 0.4) is 0 Å². The van der Waals surface area contributed by atoms with E-state index < -0.39 is 0 Å². The number of hydrogen-bond acceptors (Lipinski definition) is 4. The van der Waals surface area contributed by atoms with E-state index in [0.29, 0.717) is 0 Å². The predicted molar refractivity (Wildman–Crippen MR) is 203 cm³/mol. The van der Waals surface area contributed by atoms with Crippen LogP contribution in [-0.4, -0.2) is 11.3 Å². The largest absolute Gasteiger partial charge is 0.309 e. The van der Waals surface area contributed by atoms with Gasteiger partial charge in [0.2, 0.25) is 0 Å². The molecule has 0 spiro atoms. The fourth-order valence-corrected chi connectivity index (χ4v) is 10.9. The van der Waals surface area contributed by atoms with Crippen LogP contribution in [0.5, 0.6) is 0 Å². The molecule has 0 N–H and O–H groups in total. The molecule has 6 heteroatoms. The molecule has 4 aliphatic heterocycles. The highest BCUT2D eigenvalue weighted by Gasteiger charge is 2.47. The van der Waals surface area contributed by atoms with Crippen molar-refractivity contribution < 1.29 is 0 Å². The van der Waals surface area contributed by atoms with Crippen molar-refractivity contribution in [2.75, 3.05) is 9.80 Å². The van der Waals surface area contributed by atoms with Crippen LogP contribution in [0.2, 0.25) is 0 Å². The Hall–Kier alpha value is -5.30. The summed E-state index contributed by atoms with van der Waals surface area (Å²) >= 11 is 3.79. The molecule has 0 bridgehead atoms. The van der Waals surface area contributed by atoms with Crippen LogP contribution in [0, 0.1) is 0 Å². The first-order valence-corrected chi connectivity index (χ1v) is 18.0. The maximum atomic E-state index is 2.57. The highest BCUT2D eigenvalue weighted by Crippen LogP contribution is 2.57. The summed E-state index contributed by atoms with van der Waals surface area (Å²) in [5.41, 5.74) is 15.4. The highest BCUT2D eigenvalue weighted by atomic mass is 32.2. The standard InChI is InChI=1S/C42H24BN3S2/c1-3-15-30-26(11-1)27-12-2-4-16-31(27)44(30)25-23-34-40-35(24-25)46-33-18-6-8-20-37(33)48-39-22-10-14-29(42(39)46)43(40)28-13-9-21-38-41(28)45(34)32-17-5-7-19-36(32)47-38/h1-24H. The molecule has 4 aliphatic rings. The van der Waals surface area contributed by atoms with Crippen LogP contribution < -0.4 is 26.2 Å². The van der Waals surface area contributed by atoms with E-state index in [-0.39, 0.29) is 6.71 Å². The third kappa shape index (κ3) is 3.15. The van der Waals surface area contributed by atoms with E-state index in [1.54, 1.807) is 0 Å². The Morgan fingerprint density at radius 2 is 0.875 bits per heavy atom. The second-order valence-corrected chi connectivity index (χ2v) is 15.1. The number of hydrogen-bond donors (Lipinski definition) is 0. The molecule has 3 nitrogen and oxygen atoms in total. The molecule has 5 heterocycles. The van der Waals surface area contributed by atoms with Crippen LogP contribution >= 0.6 is 23.5 Å². The molecule has 12 rings (SSSR count). The molecule has 0 fully saturated rings. The molecule has 0 atom stereocenters. The lowest BCUT2D eigenvalue weighted by molar-refractivity contribution is 1.12. The van der Waals surface area contributed by atoms with Crippen molar-refractivity contribution >= 4 is 103 Å². The Kier molecular flexibility index (Phi) is 4.93. The molecule has 0 aliphatic carbocycles. The van der Waals surface area contributed by atoms with Gasteiger partial charge in [0.05, 0.1) is 39.5 Å². The maximum absolute atomic E-state index is 2.57. The second kappa shape index (κ2) is 9.19. The SMILES string of the molecule is c1ccc2c(c1)Sc1cccc3c1N2c1cc(-n2c4ccccc4c4ccccc42)cc2c1B3c1cccc3c1N2c1ccccc1S3. The van der Waals surface area contributed by atoms with Crippen LogP contribution in [0.25, 0.3) is 27.5 Å². The normalized spacial score (nSPS) is 14.4. The number of fused-ring (bicyclic) bond motifs is 11. The summed E-state index contributed by atoms with van der Waals surface area (Å²) in [6, 6.07) is 54.3. The Labute approximate surface area is 286 Å². The summed E-state index contributed by atoms with van der Waals surface area (Å²) in [7, 11) is 0. The fourth-order valence-electron chi connectivity index (χ4n) is 8.71. The van der Waals surface area contributed by atoms with Crippen molar-refractivity contribution in [2.24, 2.45) is 0 Å². The zero-order chi connectivity index (χ0) is 31.1. The third-order valence-corrected chi connectivity index (χ3v) is 12.7. The molecular weight excluding hydrogens is 621 g/mol. The summed E-state index contributed by atoms with van der Waals surface area (Å²) < 4.78 is 2.48. The van der Waals surface area contributed by atoms with E-state index in [9.17, 15) is 0 Å². The predicted octanol–water partition coefficient (Wildman–Crippen LogP) is 9.80. The zero-order valence-electron chi connectivity index (χ0n) is 25.6. The van der Waals surface area contributed by atoms with Gasteiger partial charge < -0.3 is 14.4 Å². The first-order chi connectivity index (χ1) is 23.8.